The van der Waals surface area contributed by atoms with Crippen LogP contribution in [0, 0.1) is 6.92 Å². The van der Waals surface area contributed by atoms with Gasteiger partial charge in [0.2, 0.25) is 21.7 Å². The fraction of sp³-hybridized carbons (Fsp3) is 0.333. The first kappa shape index (κ1) is 19.8. The summed E-state index contributed by atoms with van der Waals surface area (Å²) < 4.78 is 33.4. The molecule has 0 bridgehead atoms. The van der Waals surface area contributed by atoms with Gasteiger partial charge in [-0.1, -0.05) is 65.3 Å². The van der Waals surface area contributed by atoms with Gasteiger partial charge in [-0.2, -0.15) is 4.98 Å². The molecule has 0 spiro atoms. The highest BCUT2D eigenvalue weighted by molar-refractivity contribution is 7.88. The molecule has 0 radical (unpaired) electrons. The van der Waals surface area contributed by atoms with E-state index in [1.165, 1.54) is 5.56 Å². The lowest BCUT2D eigenvalue weighted by atomic mass is 10.1. The molecule has 0 amide bonds. The molecule has 2 atom stereocenters. The minimum Gasteiger partial charge on any atom is -0.337 e. The lowest BCUT2D eigenvalue weighted by molar-refractivity contribution is 0.244. The number of likely N-dealkylation sites (tertiary alicyclic amines) is 1. The van der Waals surface area contributed by atoms with Crippen LogP contribution in [-0.2, 0) is 15.8 Å². The summed E-state index contributed by atoms with van der Waals surface area (Å²) in [6, 6.07) is 16.8. The van der Waals surface area contributed by atoms with Crippen LogP contribution in [0.5, 0.6) is 0 Å². The Morgan fingerprint density at radius 1 is 1.14 bits per heavy atom. The minimum atomic E-state index is -3.43. The predicted octanol–water partition coefficient (Wildman–Crippen LogP) is 2.91. The molecule has 4 rings (SSSR count). The third-order valence-electron chi connectivity index (χ3n) is 5.13. The third kappa shape index (κ3) is 4.72. The largest absolute Gasteiger partial charge is 0.337 e. The molecular formula is C21H24N4O3S. The zero-order valence-electron chi connectivity index (χ0n) is 16.4. The van der Waals surface area contributed by atoms with Crippen LogP contribution in [0.2, 0.25) is 0 Å². The molecule has 3 aromatic rings. The lowest BCUT2D eigenvalue weighted by Gasteiger charge is -2.14. The van der Waals surface area contributed by atoms with Gasteiger partial charge in [-0.3, -0.25) is 4.90 Å². The van der Waals surface area contributed by atoms with Crippen molar-refractivity contribution >= 4 is 10.0 Å². The van der Waals surface area contributed by atoms with Gasteiger partial charge in [-0.05, 0) is 26.0 Å². The molecule has 2 heterocycles. The molecule has 2 aromatic carbocycles. The average Bonchev–Trinajstić information content (AvgIpc) is 3.29. The maximum atomic E-state index is 12.5. The zero-order chi connectivity index (χ0) is 20.4. The molecule has 0 saturated carbocycles. The molecule has 1 fully saturated rings. The SMILES string of the molecule is Cc1ccc(-c2noc(C3CC(NS(=O)(=O)Cc4ccccc4)CN3C)n2)cc1. The van der Waals surface area contributed by atoms with Crippen molar-refractivity contribution in [2.45, 2.75) is 31.2 Å². The summed E-state index contributed by atoms with van der Waals surface area (Å²) in [7, 11) is -1.50. The zero-order valence-corrected chi connectivity index (χ0v) is 17.3. The fourth-order valence-corrected chi connectivity index (χ4v) is 5.05. The number of nitrogens with one attached hydrogen (secondary N) is 1. The van der Waals surface area contributed by atoms with Crippen molar-refractivity contribution in [3.05, 3.63) is 71.6 Å². The Labute approximate surface area is 170 Å². The van der Waals surface area contributed by atoms with Crippen molar-refractivity contribution in [2.24, 2.45) is 0 Å². The first-order valence-electron chi connectivity index (χ1n) is 9.54. The van der Waals surface area contributed by atoms with E-state index in [4.69, 9.17) is 4.52 Å². The van der Waals surface area contributed by atoms with Crippen molar-refractivity contribution < 1.29 is 12.9 Å². The number of sulfonamides is 1. The second-order valence-electron chi connectivity index (χ2n) is 7.57. The molecular weight excluding hydrogens is 388 g/mol. The van der Waals surface area contributed by atoms with E-state index in [0.29, 0.717) is 24.7 Å². The van der Waals surface area contributed by atoms with Gasteiger partial charge in [-0.25, -0.2) is 13.1 Å². The molecule has 7 nitrogen and oxygen atoms in total. The third-order valence-corrected chi connectivity index (χ3v) is 6.54. The summed E-state index contributed by atoms with van der Waals surface area (Å²) in [5.41, 5.74) is 2.83. The molecule has 1 aliphatic heterocycles. The normalized spacial score (nSPS) is 20.2. The number of likely N-dealkylation sites (N-methyl/N-ethyl adjacent to an activating group) is 1. The Balaban J connectivity index is 1.43. The van der Waals surface area contributed by atoms with Crippen LogP contribution >= 0.6 is 0 Å². The van der Waals surface area contributed by atoms with Gasteiger partial charge < -0.3 is 4.52 Å². The van der Waals surface area contributed by atoms with E-state index >= 15 is 0 Å². The summed E-state index contributed by atoms with van der Waals surface area (Å²) >= 11 is 0. The van der Waals surface area contributed by atoms with Crippen LogP contribution in [0.15, 0.2) is 59.1 Å². The second-order valence-corrected chi connectivity index (χ2v) is 9.33. The number of aromatic nitrogens is 2. The molecule has 0 aliphatic carbocycles. The van der Waals surface area contributed by atoms with Crippen LogP contribution in [0.4, 0.5) is 0 Å². The van der Waals surface area contributed by atoms with Crippen LogP contribution in [0.25, 0.3) is 11.4 Å². The van der Waals surface area contributed by atoms with E-state index in [2.05, 4.69) is 14.9 Å². The highest BCUT2D eigenvalue weighted by Crippen LogP contribution is 2.31. The van der Waals surface area contributed by atoms with E-state index in [-0.39, 0.29) is 17.8 Å². The van der Waals surface area contributed by atoms with E-state index < -0.39 is 10.0 Å². The Morgan fingerprint density at radius 2 is 1.86 bits per heavy atom. The molecule has 8 heteroatoms. The number of hydrogen-bond acceptors (Lipinski definition) is 6. The summed E-state index contributed by atoms with van der Waals surface area (Å²) in [5, 5.41) is 4.10. The van der Waals surface area contributed by atoms with Gasteiger partial charge in [0.05, 0.1) is 11.8 Å². The molecule has 2 unspecified atom stereocenters. The van der Waals surface area contributed by atoms with E-state index in [1.54, 1.807) is 0 Å². The van der Waals surface area contributed by atoms with Crippen LogP contribution in [-0.4, -0.2) is 43.1 Å². The molecule has 1 N–H and O–H groups in total. The first-order chi connectivity index (χ1) is 13.9. The number of benzene rings is 2. The van der Waals surface area contributed by atoms with Gasteiger partial charge in [0, 0.05) is 18.2 Å². The van der Waals surface area contributed by atoms with Crippen molar-refractivity contribution in [1.82, 2.24) is 19.8 Å². The topological polar surface area (TPSA) is 88.3 Å². The number of nitrogens with zero attached hydrogens (tertiary/aromatic N) is 3. The summed E-state index contributed by atoms with van der Waals surface area (Å²) in [6.07, 6.45) is 0.583. The van der Waals surface area contributed by atoms with Crippen molar-refractivity contribution in [1.29, 1.82) is 0 Å². The van der Waals surface area contributed by atoms with Crippen LogP contribution in [0.3, 0.4) is 0 Å². The van der Waals surface area contributed by atoms with E-state index in [0.717, 1.165) is 11.1 Å². The molecule has 29 heavy (non-hydrogen) atoms. The number of rotatable bonds is 6. The monoisotopic (exact) mass is 412 g/mol. The Hall–Kier alpha value is -2.55. The van der Waals surface area contributed by atoms with Crippen LogP contribution in [0.1, 0.15) is 29.5 Å². The smallest absolute Gasteiger partial charge is 0.244 e. The van der Waals surface area contributed by atoms with E-state index in [1.807, 2.05) is 73.5 Å². The summed E-state index contributed by atoms with van der Waals surface area (Å²) in [4.78, 5) is 6.59. The van der Waals surface area contributed by atoms with Gasteiger partial charge >= 0.3 is 0 Å². The summed E-state index contributed by atoms with van der Waals surface area (Å²) in [5.74, 6) is 1.02. The van der Waals surface area contributed by atoms with Gasteiger partial charge in [0.25, 0.3) is 0 Å². The highest BCUT2D eigenvalue weighted by atomic mass is 32.2. The maximum absolute atomic E-state index is 12.5. The minimum absolute atomic E-state index is 0.0309. The molecule has 1 aliphatic rings. The molecule has 152 valence electrons. The molecule has 1 aromatic heterocycles. The standard InChI is InChI=1S/C21H24N4O3S/c1-15-8-10-17(11-9-15)20-22-21(28-23-20)19-12-18(13-25(19)2)24-29(26,27)14-16-6-4-3-5-7-16/h3-11,18-19,24H,12-14H2,1-2H3. The van der Waals surface area contributed by atoms with Crippen LogP contribution < -0.4 is 4.72 Å². The van der Waals surface area contributed by atoms with Crippen molar-refractivity contribution in [3.63, 3.8) is 0 Å². The Kier molecular flexibility index (Phi) is 5.49. The van der Waals surface area contributed by atoms with Gasteiger partial charge in [0.15, 0.2) is 0 Å². The van der Waals surface area contributed by atoms with Gasteiger partial charge in [0.1, 0.15) is 0 Å². The number of aryl methyl sites for hydroxylation is 1. The number of hydrogen-bond donors (Lipinski definition) is 1. The molecule has 1 saturated heterocycles. The van der Waals surface area contributed by atoms with Gasteiger partial charge in [-0.15, -0.1) is 0 Å². The second kappa shape index (κ2) is 8.06. The maximum Gasteiger partial charge on any atom is 0.244 e. The predicted molar refractivity (Wildman–Crippen MR) is 110 cm³/mol. The Bertz CT molecular complexity index is 1060. The fourth-order valence-electron chi connectivity index (χ4n) is 3.65. The highest BCUT2D eigenvalue weighted by Gasteiger charge is 2.36. The summed E-state index contributed by atoms with van der Waals surface area (Å²) in [6.45, 7) is 2.61. The Morgan fingerprint density at radius 3 is 2.59 bits per heavy atom. The lowest BCUT2D eigenvalue weighted by Crippen LogP contribution is -2.37. The first-order valence-corrected chi connectivity index (χ1v) is 11.2. The van der Waals surface area contributed by atoms with E-state index in [9.17, 15) is 8.42 Å². The average molecular weight is 413 g/mol. The van der Waals surface area contributed by atoms with Crippen molar-refractivity contribution in [3.8, 4) is 11.4 Å². The quantitative estimate of drug-likeness (QED) is 0.670. The van der Waals surface area contributed by atoms with Crippen molar-refractivity contribution in [2.75, 3.05) is 13.6 Å².